The molecule has 0 bridgehead atoms. The van der Waals surface area contributed by atoms with Crippen molar-refractivity contribution in [2.75, 3.05) is 0 Å². The smallest absolute Gasteiger partial charge is 0.168 e. The lowest BCUT2D eigenvalue weighted by Crippen LogP contribution is -2.10. The first-order valence-electron chi connectivity index (χ1n) is 5.76. The molecule has 1 aromatic carbocycles. The fourth-order valence-electron chi connectivity index (χ4n) is 2.03. The maximum absolute atomic E-state index is 12.3. The van der Waals surface area contributed by atoms with E-state index in [2.05, 4.69) is 4.98 Å². The zero-order valence-corrected chi connectivity index (χ0v) is 10.0. The van der Waals surface area contributed by atoms with Gasteiger partial charge in [-0.05, 0) is 19.4 Å². The van der Waals surface area contributed by atoms with Gasteiger partial charge in [-0.25, -0.2) is 0 Å². The van der Waals surface area contributed by atoms with Crippen LogP contribution in [0.2, 0.25) is 0 Å². The number of aromatic nitrogens is 1. The van der Waals surface area contributed by atoms with E-state index in [0.29, 0.717) is 0 Å². The summed E-state index contributed by atoms with van der Waals surface area (Å²) in [7, 11) is 0. The largest absolute Gasteiger partial charge is 0.358 e. The third-order valence-corrected chi connectivity index (χ3v) is 3.20. The topological polar surface area (TPSA) is 32.9 Å². The van der Waals surface area contributed by atoms with Gasteiger partial charge >= 0.3 is 0 Å². The summed E-state index contributed by atoms with van der Waals surface area (Å²) < 4.78 is 0. The molecule has 1 heterocycles. The standard InChI is InChI=1S/C14H17NO/c1-4-9(2)14(16)13-10(3)15-12-8-6-5-7-11(12)13/h5-9,15H,4H2,1-3H3. The van der Waals surface area contributed by atoms with Crippen molar-refractivity contribution in [3.05, 3.63) is 35.5 Å². The van der Waals surface area contributed by atoms with Gasteiger partial charge in [-0.2, -0.15) is 0 Å². The minimum absolute atomic E-state index is 0.0953. The Kier molecular flexibility index (Phi) is 2.82. The molecule has 0 radical (unpaired) electrons. The molecule has 2 aromatic rings. The first kappa shape index (κ1) is 10.9. The molecule has 2 rings (SSSR count). The first-order chi connectivity index (χ1) is 7.65. The van der Waals surface area contributed by atoms with Crippen LogP contribution in [0, 0.1) is 12.8 Å². The maximum atomic E-state index is 12.3. The number of fused-ring (bicyclic) bond motifs is 1. The number of hydrogen-bond donors (Lipinski definition) is 1. The summed E-state index contributed by atoms with van der Waals surface area (Å²) in [4.78, 5) is 15.5. The normalized spacial score (nSPS) is 12.9. The molecular weight excluding hydrogens is 198 g/mol. The van der Waals surface area contributed by atoms with Gasteiger partial charge in [-0.3, -0.25) is 4.79 Å². The van der Waals surface area contributed by atoms with E-state index in [-0.39, 0.29) is 11.7 Å². The molecule has 1 aromatic heterocycles. The molecule has 84 valence electrons. The third kappa shape index (κ3) is 1.64. The van der Waals surface area contributed by atoms with E-state index in [1.165, 1.54) is 0 Å². The fraction of sp³-hybridized carbons (Fsp3) is 0.357. The van der Waals surface area contributed by atoms with Crippen LogP contribution < -0.4 is 0 Å². The lowest BCUT2D eigenvalue weighted by atomic mass is 9.95. The van der Waals surface area contributed by atoms with Crippen LogP contribution in [-0.2, 0) is 0 Å². The summed E-state index contributed by atoms with van der Waals surface area (Å²) >= 11 is 0. The monoisotopic (exact) mass is 215 g/mol. The van der Waals surface area contributed by atoms with Gasteiger partial charge in [0.15, 0.2) is 5.78 Å². The van der Waals surface area contributed by atoms with E-state index >= 15 is 0 Å². The van der Waals surface area contributed by atoms with Crippen LogP contribution in [0.1, 0.15) is 36.3 Å². The number of H-pyrrole nitrogens is 1. The Balaban J connectivity index is 2.59. The second-order valence-corrected chi connectivity index (χ2v) is 4.34. The highest BCUT2D eigenvalue weighted by Gasteiger charge is 2.19. The Labute approximate surface area is 95.7 Å². The van der Waals surface area contributed by atoms with Crippen molar-refractivity contribution in [1.82, 2.24) is 4.98 Å². The molecule has 1 unspecified atom stereocenters. The number of hydrogen-bond acceptors (Lipinski definition) is 1. The molecule has 1 N–H and O–H groups in total. The zero-order chi connectivity index (χ0) is 11.7. The van der Waals surface area contributed by atoms with Gasteiger partial charge in [-0.15, -0.1) is 0 Å². The van der Waals surface area contributed by atoms with Crippen LogP contribution in [0.5, 0.6) is 0 Å². The van der Waals surface area contributed by atoms with E-state index < -0.39 is 0 Å². The van der Waals surface area contributed by atoms with Gasteiger partial charge in [0.2, 0.25) is 0 Å². The molecule has 0 saturated heterocycles. The van der Waals surface area contributed by atoms with Gasteiger partial charge in [0.05, 0.1) is 0 Å². The Bertz CT molecular complexity index is 525. The van der Waals surface area contributed by atoms with Crippen LogP contribution in [0.3, 0.4) is 0 Å². The summed E-state index contributed by atoms with van der Waals surface area (Å²) in [5.41, 5.74) is 2.89. The van der Waals surface area contributed by atoms with Crippen molar-refractivity contribution >= 4 is 16.7 Å². The number of para-hydroxylation sites is 1. The van der Waals surface area contributed by atoms with Crippen molar-refractivity contribution in [3.8, 4) is 0 Å². The number of ketones is 1. The van der Waals surface area contributed by atoms with Gasteiger partial charge in [0.25, 0.3) is 0 Å². The van der Waals surface area contributed by atoms with Crippen LogP contribution in [-0.4, -0.2) is 10.8 Å². The molecule has 0 aliphatic heterocycles. The molecule has 16 heavy (non-hydrogen) atoms. The zero-order valence-electron chi connectivity index (χ0n) is 10.0. The molecule has 2 heteroatoms. The molecule has 0 aliphatic carbocycles. The summed E-state index contributed by atoms with van der Waals surface area (Å²) in [5, 5.41) is 1.05. The Hall–Kier alpha value is -1.57. The molecule has 0 amide bonds. The van der Waals surface area contributed by atoms with Gasteiger partial charge in [-0.1, -0.05) is 32.0 Å². The minimum atomic E-state index is 0.0953. The second-order valence-electron chi connectivity index (χ2n) is 4.34. The number of aromatic amines is 1. The first-order valence-corrected chi connectivity index (χ1v) is 5.76. The average Bonchev–Trinajstić information content (AvgIpc) is 2.63. The van der Waals surface area contributed by atoms with Crippen LogP contribution in [0.25, 0.3) is 10.9 Å². The maximum Gasteiger partial charge on any atom is 0.168 e. The number of rotatable bonds is 3. The number of carbonyl (C=O) groups excluding carboxylic acids is 1. The minimum Gasteiger partial charge on any atom is -0.358 e. The van der Waals surface area contributed by atoms with E-state index in [9.17, 15) is 4.79 Å². The van der Waals surface area contributed by atoms with E-state index in [0.717, 1.165) is 28.6 Å². The average molecular weight is 215 g/mol. The summed E-state index contributed by atoms with van der Waals surface area (Å²) in [6, 6.07) is 7.98. The van der Waals surface area contributed by atoms with Crippen LogP contribution in [0.4, 0.5) is 0 Å². The van der Waals surface area contributed by atoms with Crippen molar-refractivity contribution in [2.45, 2.75) is 27.2 Å². The Morgan fingerprint density at radius 1 is 1.38 bits per heavy atom. The molecule has 1 atom stereocenters. The molecule has 0 saturated carbocycles. The second kappa shape index (κ2) is 4.12. The highest BCUT2D eigenvalue weighted by atomic mass is 16.1. The number of nitrogens with one attached hydrogen (secondary N) is 1. The quantitative estimate of drug-likeness (QED) is 0.778. The fourth-order valence-corrected chi connectivity index (χ4v) is 2.03. The van der Waals surface area contributed by atoms with Crippen molar-refractivity contribution in [3.63, 3.8) is 0 Å². The van der Waals surface area contributed by atoms with E-state index in [4.69, 9.17) is 0 Å². The highest BCUT2D eigenvalue weighted by Crippen LogP contribution is 2.25. The van der Waals surface area contributed by atoms with Crippen LogP contribution in [0.15, 0.2) is 24.3 Å². The highest BCUT2D eigenvalue weighted by molar-refractivity contribution is 6.10. The number of Topliss-reactive ketones (excluding diaryl/α,β-unsaturated/α-hetero) is 1. The van der Waals surface area contributed by atoms with Crippen molar-refractivity contribution in [2.24, 2.45) is 5.92 Å². The number of carbonyl (C=O) groups is 1. The lowest BCUT2D eigenvalue weighted by molar-refractivity contribution is 0.0928. The predicted octanol–water partition coefficient (Wildman–Crippen LogP) is 3.71. The van der Waals surface area contributed by atoms with Crippen molar-refractivity contribution in [1.29, 1.82) is 0 Å². The lowest BCUT2D eigenvalue weighted by Gasteiger charge is -2.07. The van der Waals surface area contributed by atoms with Crippen LogP contribution >= 0.6 is 0 Å². The Morgan fingerprint density at radius 2 is 2.06 bits per heavy atom. The van der Waals surface area contributed by atoms with E-state index in [1.54, 1.807) is 0 Å². The van der Waals surface area contributed by atoms with Crippen molar-refractivity contribution < 1.29 is 4.79 Å². The SMILES string of the molecule is CCC(C)C(=O)c1c(C)[nH]c2ccccc12. The van der Waals surface area contributed by atoms with E-state index in [1.807, 2.05) is 45.0 Å². The molecular formula is C14H17NO. The Morgan fingerprint density at radius 3 is 2.75 bits per heavy atom. The summed E-state index contributed by atoms with van der Waals surface area (Å²) in [6.45, 7) is 6.01. The molecule has 0 aliphatic rings. The molecule has 2 nitrogen and oxygen atoms in total. The number of benzene rings is 1. The summed E-state index contributed by atoms with van der Waals surface area (Å²) in [5.74, 6) is 0.343. The number of aryl methyl sites for hydroxylation is 1. The molecule has 0 fully saturated rings. The van der Waals surface area contributed by atoms with Gasteiger partial charge in [0.1, 0.15) is 0 Å². The summed E-state index contributed by atoms with van der Waals surface area (Å²) in [6.07, 6.45) is 0.887. The third-order valence-electron chi connectivity index (χ3n) is 3.20. The molecule has 0 spiro atoms. The van der Waals surface area contributed by atoms with Gasteiger partial charge < -0.3 is 4.98 Å². The van der Waals surface area contributed by atoms with Gasteiger partial charge in [0, 0.05) is 28.1 Å². The predicted molar refractivity (Wildman–Crippen MR) is 66.8 cm³/mol.